The lowest BCUT2D eigenvalue weighted by Crippen LogP contribution is -2.15. The van der Waals surface area contributed by atoms with Crippen LogP contribution in [0.1, 0.15) is 21.7 Å². The van der Waals surface area contributed by atoms with Gasteiger partial charge in [0, 0.05) is 11.8 Å². The van der Waals surface area contributed by atoms with Crippen molar-refractivity contribution < 1.29 is 18.0 Å². The van der Waals surface area contributed by atoms with Gasteiger partial charge in [-0.2, -0.15) is 23.5 Å². The van der Waals surface area contributed by atoms with Crippen LogP contribution >= 0.6 is 11.3 Å². The quantitative estimate of drug-likeness (QED) is 0.532. The first-order valence-corrected chi connectivity index (χ1v) is 9.06. The van der Waals surface area contributed by atoms with E-state index in [0.717, 1.165) is 6.07 Å². The van der Waals surface area contributed by atoms with Crippen molar-refractivity contribution in [2.24, 2.45) is 0 Å². The molecule has 144 valence electrons. The Hall–Kier alpha value is -3.71. The lowest BCUT2D eigenvalue weighted by atomic mass is 10.2. The van der Waals surface area contributed by atoms with Crippen molar-refractivity contribution in [1.29, 1.82) is 5.26 Å². The first-order valence-electron chi connectivity index (χ1n) is 8.18. The van der Waals surface area contributed by atoms with Crippen molar-refractivity contribution in [3.8, 4) is 16.6 Å². The number of nitrogens with zero attached hydrogens (tertiary/aromatic N) is 4. The molecular formula is C19H10F3N5OS. The number of carbonyl (C=O) groups excluding carboxylic acids is 1. The van der Waals surface area contributed by atoms with E-state index in [-0.39, 0.29) is 17.0 Å². The van der Waals surface area contributed by atoms with Crippen molar-refractivity contribution in [2.45, 2.75) is 6.18 Å². The highest BCUT2D eigenvalue weighted by atomic mass is 32.1. The van der Waals surface area contributed by atoms with Gasteiger partial charge in [0.15, 0.2) is 17.0 Å². The number of amides is 1. The van der Waals surface area contributed by atoms with Crippen LogP contribution < -0.4 is 5.32 Å². The smallest absolute Gasteiger partial charge is 0.321 e. The van der Waals surface area contributed by atoms with Crippen LogP contribution in [0.15, 0.2) is 53.9 Å². The molecule has 0 aliphatic heterocycles. The van der Waals surface area contributed by atoms with E-state index >= 15 is 0 Å². The monoisotopic (exact) mass is 413 g/mol. The first-order chi connectivity index (χ1) is 13.8. The fourth-order valence-electron chi connectivity index (χ4n) is 2.66. The van der Waals surface area contributed by atoms with E-state index in [9.17, 15) is 18.0 Å². The molecular weight excluding hydrogens is 403 g/mol. The Morgan fingerprint density at radius 3 is 2.55 bits per heavy atom. The standard InChI is InChI=1S/C19H10F3N5OS/c20-19(21,22)16-8-13(15-2-1-7-29-15)25-17-9-14(26-27(16)17)18(28)24-12-5-3-11(10-23)4-6-12/h1-9H,(H,24,28). The third-order valence-corrected chi connectivity index (χ3v) is 4.89. The zero-order chi connectivity index (χ0) is 20.6. The number of hydrogen-bond acceptors (Lipinski definition) is 5. The summed E-state index contributed by atoms with van der Waals surface area (Å²) in [5.74, 6) is -0.689. The average Bonchev–Trinajstić information content (AvgIpc) is 3.36. The van der Waals surface area contributed by atoms with Crippen molar-refractivity contribution in [2.75, 3.05) is 5.32 Å². The Bertz CT molecular complexity index is 1240. The minimum Gasteiger partial charge on any atom is -0.321 e. The molecule has 1 N–H and O–H groups in total. The molecule has 1 amide bonds. The van der Waals surface area contributed by atoms with E-state index in [2.05, 4.69) is 15.4 Å². The third-order valence-electron chi connectivity index (χ3n) is 4.00. The Morgan fingerprint density at radius 1 is 1.17 bits per heavy atom. The van der Waals surface area contributed by atoms with Gasteiger partial charge in [0.2, 0.25) is 0 Å². The summed E-state index contributed by atoms with van der Waals surface area (Å²) >= 11 is 1.26. The molecule has 0 aliphatic rings. The average molecular weight is 413 g/mol. The van der Waals surface area contributed by atoms with Crippen molar-refractivity contribution in [1.82, 2.24) is 14.6 Å². The SMILES string of the molecule is N#Cc1ccc(NC(=O)c2cc3nc(-c4cccs4)cc(C(F)(F)F)n3n2)cc1. The second kappa shape index (κ2) is 7.03. The summed E-state index contributed by atoms with van der Waals surface area (Å²) in [6, 6.07) is 13.5. The number of aromatic nitrogens is 3. The molecule has 4 rings (SSSR count). The maximum Gasteiger partial charge on any atom is 0.433 e. The first kappa shape index (κ1) is 18.6. The Labute approximate surface area is 165 Å². The molecule has 0 saturated heterocycles. The van der Waals surface area contributed by atoms with Gasteiger partial charge in [-0.05, 0) is 41.8 Å². The normalized spacial score (nSPS) is 11.4. The molecule has 0 radical (unpaired) electrons. The highest BCUT2D eigenvalue weighted by Crippen LogP contribution is 2.33. The summed E-state index contributed by atoms with van der Waals surface area (Å²) in [7, 11) is 0. The number of benzene rings is 1. The predicted octanol–water partition coefficient (Wildman–Crippen LogP) is 4.60. The van der Waals surface area contributed by atoms with Gasteiger partial charge in [-0.25, -0.2) is 9.50 Å². The van der Waals surface area contributed by atoms with Gasteiger partial charge in [-0.1, -0.05) is 6.07 Å². The maximum atomic E-state index is 13.6. The largest absolute Gasteiger partial charge is 0.433 e. The summed E-state index contributed by atoms with van der Waals surface area (Å²) in [5, 5.41) is 16.9. The molecule has 0 atom stereocenters. The summed E-state index contributed by atoms with van der Waals surface area (Å²) in [6.45, 7) is 0. The Kier molecular flexibility index (Phi) is 4.52. The van der Waals surface area contributed by atoms with Crippen molar-refractivity contribution in [3.05, 3.63) is 70.9 Å². The van der Waals surface area contributed by atoms with E-state index in [4.69, 9.17) is 5.26 Å². The third kappa shape index (κ3) is 3.68. The lowest BCUT2D eigenvalue weighted by Gasteiger charge is -2.10. The molecule has 29 heavy (non-hydrogen) atoms. The summed E-state index contributed by atoms with van der Waals surface area (Å²) in [4.78, 5) is 17.2. The summed E-state index contributed by atoms with van der Waals surface area (Å²) in [5.41, 5.74) is -0.379. The van der Waals surface area contributed by atoms with E-state index in [1.807, 2.05) is 6.07 Å². The fraction of sp³-hybridized carbons (Fsp3) is 0.0526. The van der Waals surface area contributed by atoms with Crippen LogP contribution in [-0.4, -0.2) is 20.5 Å². The van der Waals surface area contributed by atoms with Crippen LogP contribution in [0.4, 0.5) is 18.9 Å². The second-order valence-corrected chi connectivity index (χ2v) is 6.89. The predicted molar refractivity (Wildman–Crippen MR) is 100 cm³/mol. The zero-order valence-electron chi connectivity index (χ0n) is 14.4. The van der Waals surface area contributed by atoms with E-state index in [1.165, 1.54) is 41.7 Å². The maximum absolute atomic E-state index is 13.6. The van der Waals surface area contributed by atoms with E-state index in [0.29, 0.717) is 20.6 Å². The molecule has 3 aromatic heterocycles. The van der Waals surface area contributed by atoms with Crippen LogP contribution in [0.25, 0.3) is 16.2 Å². The second-order valence-electron chi connectivity index (χ2n) is 5.94. The molecule has 4 aromatic rings. The molecule has 6 nitrogen and oxygen atoms in total. The van der Waals surface area contributed by atoms with Gasteiger partial charge in [-0.15, -0.1) is 11.3 Å². The minimum atomic E-state index is -4.68. The van der Waals surface area contributed by atoms with Crippen molar-refractivity contribution in [3.63, 3.8) is 0 Å². The van der Waals surface area contributed by atoms with Gasteiger partial charge in [-0.3, -0.25) is 4.79 Å². The Morgan fingerprint density at radius 2 is 1.93 bits per heavy atom. The summed E-state index contributed by atoms with van der Waals surface area (Å²) < 4.78 is 41.3. The van der Waals surface area contributed by atoms with Gasteiger partial charge in [0.05, 0.1) is 22.2 Å². The molecule has 0 bridgehead atoms. The highest BCUT2D eigenvalue weighted by molar-refractivity contribution is 7.13. The van der Waals surface area contributed by atoms with Gasteiger partial charge >= 0.3 is 6.18 Å². The Balaban J connectivity index is 1.74. The highest BCUT2D eigenvalue weighted by Gasteiger charge is 2.35. The number of fused-ring (bicyclic) bond motifs is 1. The molecule has 3 heterocycles. The van der Waals surface area contributed by atoms with Crippen LogP contribution in [0, 0.1) is 11.3 Å². The van der Waals surface area contributed by atoms with Gasteiger partial charge in [0.25, 0.3) is 5.91 Å². The van der Waals surface area contributed by atoms with Gasteiger partial charge < -0.3 is 5.32 Å². The number of hydrogen-bond donors (Lipinski definition) is 1. The van der Waals surface area contributed by atoms with Crippen LogP contribution in [0.3, 0.4) is 0 Å². The van der Waals surface area contributed by atoms with E-state index < -0.39 is 17.8 Å². The molecule has 0 saturated carbocycles. The van der Waals surface area contributed by atoms with Crippen LogP contribution in [0.2, 0.25) is 0 Å². The molecule has 0 fully saturated rings. The van der Waals surface area contributed by atoms with Crippen LogP contribution in [-0.2, 0) is 6.18 Å². The fourth-order valence-corrected chi connectivity index (χ4v) is 3.35. The molecule has 0 aliphatic carbocycles. The number of rotatable bonds is 3. The van der Waals surface area contributed by atoms with Crippen molar-refractivity contribution >= 4 is 28.6 Å². The number of halogens is 3. The zero-order valence-corrected chi connectivity index (χ0v) is 15.3. The number of nitriles is 1. The molecule has 10 heteroatoms. The van der Waals surface area contributed by atoms with E-state index in [1.54, 1.807) is 17.5 Å². The van der Waals surface area contributed by atoms with Gasteiger partial charge in [0.1, 0.15) is 0 Å². The number of nitrogens with one attached hydrogen (secondary N) is 1. The lowest BCUT2D eigenvalue weighted by molar-refractivity contribution is -0.142. The summed E-state index contributed by atoms with van der Waals surface area (Å²) in [6.07, 6.45) is -4.68. The number of alkyl halides is 3. The minimum absolute atomic E-state index is 0.0896. The number of carbonyl (C=O) groups is 1. The number of anilines is 1. The number of thiophene rings is 1. The molecule has 0 unspecified atom stereocenters. The molecule has 1 aromatic carbocycles. The molecule has 0 spiro atoms. The topological polar surface area (TPSA) is 83.1 Å². The van der Waals surface area contributed by atoms with Crippen LogP contribution in [0.5, 0.6) is 0 Å².